The number of hydrogen-bond donors (Lipinski definition) is 2. The molecular formula is C19H20F3NO3. The largest absolute Gasteiger partial charge is 0.494 e. The van der Waals surface area contributed by atoms with Gasteiger partial charge in [0, 0.05) is 0 Å². The first-order valence-electron chi connectivity index (χ1n) is 8.09. The van der Waals surface area contributed by atoms with E-state index in [4.69, 9.17) is 4.74 Å². The number of nitrogens with one attached hydrogen (secondary N) is 1. The van der Waals surface area contributed by atoms with Crippen LogP contribution in [0.5, 0.6) is 5.75 Å². The standard InChI is InChI=1S/C19H20F3NO3/c1-2-26-16-10-8-14(9-11-16)12-17(24)23-13-18(25,19(20,21)22)15-6-4-3-5-7-15/h3-11,25H,2,12-13H2,1H3,(H,23,24)/t18-/m1/s1. The lowest BCUT2D eigenvalue weighted by atomic mass is 9.93. The van der Waals surface area contributed by atoms with Crippen LogP contribution in [0.15, 0.2) is 54.6 Å². The molecule has 0 fully saturated rings. The summed E-state index contributed by atoms with van der Waals surface area (Å²) in [5, 5.41) is 12.3. The van der Waals surface area contributed by atoms with Gasteiger partial charge in [0.05, 0.1) is 19.6 Å². The van der Waals surface area contributed by atoms with Crippen molar-refractivity contribution in [3.63, 3.8) is 0 Å². The molecule has 1 amide bonds. The SMILES string of the molecule is CCOc1ccc(CC(=O)NC[C@@](O)(c2ccccc2)C(F)(F)F)cc1. The van der Waals surface area contributed by atoms with Crippen LogP contribution >= 0.6 is 0 Å². The van der Waals surface area contributed by atoms with E-state index in [1.54, 1.807) is 30.3 Å². The maximum absolute atomic E-state index is 13.4. The lowest BCUT2D eigenvalue weighted by Gasteiger charge is -2.31. The Morgan fingerprint density at radius 1 is 1.08 bits per heavy atom. The first-order valence-corrected chi connectivity index (χ1v) is 8.09. The third-order valence-corrected chi connectivity index (χ3v) is 3.86. The van der Waals surface area contributed by atoms with E-state index in [2.05, 4.69) is 5.32 Å². The Hall–Kier alpha value is -2.54. The third-order valence-electron chi connectivity index (χ3n) is 3.86. The zero-order valence-corrected chi connectivity index (χ0v) is 14.2. The molecule has 0 bridgehead atoms. The van der Waals surface area contributed by atoms with Crippen LogP contribution in [0.25, 0.3) is 0 Å². The smallest absolute Gasteiger partial charge is 0.423 e. The van der Waals surface area contributed by atoms with Crippen LogP contribution in [0.1, 0.15) is 18.1 Å². The lowest BCUT2D eigenvalue weighted by molar-refractivity contribution is -0.264. The molecule has 0 radical (unpaired) electrons. The van der Waals surface area contributed by atoms with Crippen molar-refractivity contribution in [1.82, 2.24) is 5.32 Å². The van der Waals surface area contributed by atoms with Gasteiger partial charge < -0.3 is 15.2 Å². The number of amides is 1. The molecule has 0 saturated carbocycles. The van der Waals surface area contributed by atoms with Crippen molar-refractivity contribution in [2.45, 2.75) is 25.1 Å². The number of hydrogen-bond acceptors (Lipinski definition) is 3. The molecule has 0 aliphatic heterocycles. The number of ether oxygens (including phenoxy) is 1. The quantitative estimate of drug-likeness (QED) is 0.790. The topological polar surface area (TPSA) is 58.6 Å². The van der Waals surface area contributed by atoms with Crippen LogP contribution in [0.4, 0.5) is 13.2 Å². The summed E-state index contributed by atoms with van der Waals surface area (Å²) >= 11 is 0. The summed E-state index contributed by atoms with van der Waals surface area (Å²) in [5.41, 5.74) is -2.85. The van der Waals surface area contributed by atoms with Crippen LogP contribution in [0, 0.1) is 0 Å². The molecule has 140 valence electrons. The van der Waals surface area contributed by atoms with E-state index < -0.39 is 24.2 Å². The van der Waals surface area contributed by atoms with E-state index in [0.29, 0.717) is 17.9 Å². The number of aliphatic hydroxyl groups is 1. The van der Waals surface area contributed by atoms with Gasteiger partial charge in [0.25, 0.3) is 0 Å². The van der Waals surface area contributed by atoms with Crippen LogP contribution in [-0.4, -0.2) is 30.3 Å². The summed E-state index contributed by atoms with van der Waals surface area (Å²) in [6.07, 6.45) is -5.03. The highest BCUT2D eigenvalue weighted by atomic mass is 19.4. The van der Waals surface area contributed by atoms with Crippen LogP contribution in [-0.2, 0) is 16.8 Å². The normalized spacial score (nSPS) is 13.7. The summed E-state index contributed by atoms with van der Waals surface area (Å²) < 4.78 is 45.4. The Bertz CT molecular complexity index is 717. The van der Waals surface area contributed by atoms with Crippen molar-refractivity contribution < 1.29 is 27.8 Å². The molecule has 2 N–H and O–H groups in total. The summed E-state index contributed by atoms with van der Waals surface area (Å²) in [4.78, 5) is 12.0. The van der Waals surface area contributed by atoms with Gasteiger partial charge in [-0.1, -0.05) is 42.5 Å². The summed E-state index contributed by atoms with van der Waals surface area (Å²) in [6, 6.07) is 13.4. The van der Waals surface area contributed by atoms with Crippen LogP contribution in [0.3, 0.4) is 0 Å². The van der Waals surface area contributed by atoms with Gasteiger partial charge in [0.1, 0.15) is 5.75 Å². The third kappa shape index (κ3) is 4.76. The fourth-order valence-corrected chi connectivity index (χ4v) is 2.42. The van der Waals surface area contributed by atoms with Crippen molar-refractivity contribution in [3.8, 4) is 5.75 Å². The minimum atomic E-state index is -4.93. The Labute approximate surface area is 149 Å². The second-order valence-corrected chi connectivity index (χ2v) is 5.75. The molecule has 2 aromatic carbocycles. The number of benzene rings is 2. The predicted molar refractivity (Wildman–Crippen MR) is 90.7 cm³/mol. The molecule has 0 unspecified atom stereocenters. The fourth-order valence-electron chi connectivity index (χ4n) is 2.42. The second-order valence-electron chi connectivity index (χ2n) is 5.75. The Balaban J connectivity index is 2.03. The highest BCUT2D eigenvalue weighted by molar-refractivity contribution is 5.78. The molecule has 2 aromatic rings. The molecule has 1 atom stereocenters. The molecule has 0 aromatic heterocycles. The van der Waals surface area contributed by atoms with Crippen molar-refractivity contribution >= 4 is 5.91 Å². The molecule has 26 heavy (non-hydrogen) atoms. The molecule has 7 heteroatoms. The van der Waals surface area contributed by atoms with Gasteiger partial charge in [-0.2, -0.15) is 13.2 Å². The summed E-state index contributed by atoms with van der Waals surface area (Å²) in [6.45, 7) is 1.39. The molecule has 0 aliphatic rings. The average molecular weight is 367 g/mol. The maximum atomic E-state index is 13.4. The highest BCUT2D eigenvalue weighted by Crippen LogP contribution is 2.38. The van der Waals surface area contributed by atoms with Crippen molar-refractivity contribution in [2.75, 3.05) is 13.2 Å². The number of carbonyl (C=O) groups is 1. The molecule has 2 rings (SSSR count). The van der Waals surface area contributed by atoms with Gasteiger partial charge >= 0.3 is 6.18 Å². The van der Waals surface area contributed by atoms with Crippen molar-refractivity contribution in [2.24, 2.45) is 0 Å². The van der Waals surface area contributed by atoms with Gasteiger partial charge in [-0.25, -0.2) is 0 Å². The minimum absolute atomic E-state index is 0.102. The van der Waals surface area contributed by atoms with E-state index in [9.17, 15) is 23.1 Å². The van der Waals surface area contributed by atoms with E-state index in [0.717, 1.165) is 0 Å². The van der Waals surface area contributed by atoms with Gasteiger partial charge in [-0.15, -0.1) is 0 Å². The van der Waals surface area contributed by atoms with Gasteiger partial charge in [-0.05, 0) is 30.2 Å². The molecule has 0 saturated heterocycles. The average Bonchev–Trinajstić information content (AvgIpc) is 2.61. The Morgan fingerprint density at radius 3 is 2.23 bits per heavy atom. The molecular weight excluding hydrogens is 347 g/mol. The van der Waals surface area contributed by atoms with E-state index >= 15 is 0 Å². The van der Waals surface area contributed by atoms with E-state index in [-0.39, 0.29) is 12.0 Å². The number of carbonyl (C=O) groups excluding carboxylic acids is 1. The second kappa shape index (κ2) is 8.23. The zero-order chi connectivity index (χ0) is 19.2. The van der Waals surface area contributed by atoms with Gasteiger partial charge in [0.2, 0.25) is 11.5 Å². The lowest BCUT2D eigenvalue weighted by Crippen LogP contribution is -2.51. The molecule has 0 heterocycles. The highest BCUT2D eigenvalue weighted by Gasteiger charge is 2.55. The minimum Gasteiger partial charge on any atom is -0.494 e. The first-order chi connectivity index (χ1) is 12.3. The number of halogens is 3. The van der Waals surface area contributed by atoms with Crippen LogP contribution < -0.4 is 10.1 Å². The van der Waals surface area contributed by atoms with Crippen LogP contribution in [0.2, 0.25) is 0 Å². The van der Waals surface area contributed by atoms with Gasteiger partial charge in [-0.3, -0.25) is 4.79 Å². The van der Waals surface area contributed by atoms with Crippen molar-refractivity contribution in [1.29, 1.82) is 0 Å². The summed E-state index contributed by atoms with van der Waals surface area (Å²) in [7, 11) is 0. The number of rotatable bonds is 7. The predicted octanol–water partition coefficient (Wildman–Crippen LogP) is 3.19. The van der Waals surface area contributed by atoms with E-state index in [1.807, 2.05) is 6.92 Å². The zero-order valence-electron chi connectivity index (χ0n) is 14.2. The monoisotopic (exact) mass is 367 g/mol. The first kappa shape index (κ1) is 19.8. The van der Waals surface area contributed by atoms with Crippen molar-refractivity contribution in [3.05, 3.63) is 65.7 Å². The molecule has 4 nitrogen and oxygen atoms in total. The summed E-state index contributed by atoms with van der Waals surface area (Å²) in [5.74, 6) is 0.0277. The Morgan fingerprint density at radius 2 is 1.69 bits per heavy atom. The molecule has 0 spiro atoms. The van der Waals surface area contributed by atoms with Gasteiger partial charge in [0.15, 0.2) is 0 Å². The maximum Gasteiger partial charge on any atom is 0.423 e. The fraction of sp³-hybridized carbons (Fsp3) is 0.316. The van der Waals surface area contributed by atoms with E-state index in [1.165, 1.54) is 24.3 Å². The molecule has 0 aliphatic carbocycles. The number of alkyl halides is 3. The Kier molecular flexibility index (Phi) is 6.26.